The minimum absolute atomic E-state index is 0.0171. The summed E-state index contributed by atoms with van der Waals surface area (Å²) in [5, 5.41) is 41.0. The molecule has 1 aliphatic carbocycles. The Morgan fingerprint density at radius 3 is 2.76 bits per heavy atom. The Morgan fingerprint density at radius 2 is 2.03 bits per heavy atom. The van der Waals surface area contributed by atoms with E-state index in [4.69, 9.17) is 0 Å². The first kappa shape index (κ1) is 23.6. The van der Waals surface area contributed by atoms with Crippen molar-refractivity contribution in [1.29, 1.82) is 0 Å². The molecule has 2 rings (SSSR count). The number of benzene rings is 1. The smallest absolute Gasteiger partial charge is 0.136 e. The van der Waals surface area contributed by atoms with E-state index in [2.05, 4.69) is 0 Å². The zero-order valence-electron chi connectivity index (χ0n) is 16.2. The summed E-state index contributed by atoms with van der Waals surface area (Å²) in [5.74, 6) is -1.57. The van der Waals surface area contributed by atoms with Crippen LogP contribution in [0, 0.1) is 17.7 Å². The highest BCUT2D eigenvalue weighted by molar-refractivity contribution is 7.99. The number of hydrogen-bond acceptors (Lipinski definition) is 6. The molecule has 0 heterocycles. The highest BCUT2D eigenvalue weighted by atomic mass is 32.2. The van der Waals surface area contributed by atoms with Gasteiger partial charge < -0.3 is 25.2 Å². The predicted octanol–water partition coefficient (Wildman–Crippen LogP) is 2.06. The van der Waals surface area contributed by atoms with E-state index in [1.54, 1.807) is 30.4 Å². The topological polar surface area (TPSA) is 101 Å². The van der Waals surface area contributed by atoms with Crippen LogP contribution in [0.3, 0.4) is 0 Å². The van der Waals surface area contributed by atoms with Crippen LogP contribution in [0.1, 0.15) is 32.1 Å². The van der Waals surface area contributed by atoms with E-state index < -0.39 is 24.3 Å². The maximum absolute atomic E-state index is 13.6. The third kappa shape index (κ3) is 7.93. The van der Waals surface area contributed by atoms with E-state index in [-0.39, 0.29) is 36.2 Å². The van der Waals surface area contributed by atoms with Gasteiger partial charge in [-0.25, -0.2) is 4.39 Å². The quantitative estimate of drug-likeness (QED) is 0.286. The average molecular weight is 424 g/mol. The summed E-state index contributed by atoms with van der Waals surface area (Å²) in [6.45, 7) is 0. The van der Waals surface area contributed by atoms with E-state index >= 15 is 0 Å². The van der Waals surface area contributed by atoms with Gasteiger partial charge in [-0.05, 0) is 43.7 Å². The van der Waals surface area contributed by atoms with Gasteiger partial charge in [-0.1, -0.05) is 36.4 Å². The Morgan fingerprint density at radius 1 is 1.28 bits per heavy atom. The molecular weight excluding hydrogens is 395 g/mol. The first-order valence-corrected chi connectivity index (χ1v) is 10.8. The van der Waals surface area contributed by atoms with E-state index in [0.29, 0.717) is 24.2 Å². The molecule has 0 aliphatic heterocycles. The Balaban J connectivity index is 1.84. The molecule has 0 aromatic heterocycles. The molecule has 0 amide bonds. The van der Waals surface area contributed by atoms with Gasteiger partial charge in [0.2, 0.25) is 0 Å². The van der Waals surface area contributed by atoms with Gasteiger partial charge in [-0.15, -0.1) is 11.8 Å². The molecular formula is C22H28FO5S-. The molecule has 1 aromatic rings. The van der Waals surface area contributed by atoms with E-state index in [1.807, 2.05) is 12.2 Å². The molecule has 0 bridgehead atoms. The summed E-state index contributed by atoms with van der Waals surface area (Å²) in [5.41, 5.74) is 0. The molecule has 0 spiro atoms. The molecule has 1 aliphatic rings. The Hall–Kier alpha value is -1.67. The van der Waals surface area contributed by atoms with Crippen molar-refractivity contribution < 1.29 is 29.6 Å². The number of thioether (sulfide) groups is 1. The number of carboxylic acids is 1. The molecule has 0 saturated heterocycles. The lowest BCUT2D eigenvalue weighted by molar-refractivity contribution is -0.305. The number of unbranched alkanes of at least 4 members (excludes halogenated alkanes) is 1. The van der Waals surface area contributed by atoms with Crippen molar-refractivity contribution in [3.63, 3.8) is 0 Å². The third-order valence-electron chi connectivity index (χ3n) is 5.04. The highest BCUT2D eigenvalue weighted by Crippen LogP contribution is 2.36. The SMILES string of the molecule is O=C([O-])CCC/C=C\CC1C(/C=C/[C@@H](O)CSc2ccccc2F)[C@H](O)C[C@@H]1O. The van der Waals surface area contributed by atoms with Crippen LogP contribution in [0.25, 0.3) is 0 Å². The summed E-state index contributed by atoms with van der Waals surface area (Å²) in [6.07, 6.45) is 6.94. The van der Waals surface area contributed by atoms with Crippen LogP contribution < -0.4 is 5.11 Å². The minimum Gasteiger partial charge on any atom is -0.550 e. The normalized spacial score (nSPS) is 25.8. The van der Waals surface area contributed by atoms with Gasteiger partial charge in [-0.3, -0.25) is 0 Å². The van der Waals surface area contributed by atoms with E-state index in [1.165, 1.54) is 17.8 Å². The van der Waals surface area contributed by atoms with Gasteiger partial charge in [0.1, 0.15) is 5.82 Å². The summed E-state index contributed by atoms with van der Waals surface area (Å²) in [6, 6.07) is 6.38. The number of allylic oxidation sites excluding steroid dienone is 2. The molecule has 29 heavy (non-hydrogen) atoms. The second kappa shape index (κ2) is 12.1. The Labute approximate surface area is 175 Å². The predicted molar refractivity (Wildman–Crippen MR) is 108 cm³/mol. The van der Waals surface area contributed by atoms with Gasteiger partial charge in [0.05, 0.1) is 18.3 Å². The standard InChI is InChI=1S/C22H29FO5S/c23-18-8-5-6-9-21(18)29-14-15(24)11-12-17-16(19(25)13-20(17)26)7-3-1-2-4-10-22(27)28/h1,3,5-6,8-9,11-12,15-17,19-20,24-26H,2,4,7,10,13-14H2,(H,27,28)/p-1/b3-1-,12-11+/t15-,16?,17?,19+,20-/m1/s1. The third-order valence-corrected chi connectivity index (χ3v) is 6.19. The second-order valence-corrected chi connectivity index (χ2v) is 8.34. The van der Waals surface area contributed by atoms with Crippen molar-refractivity contribution >= 4 is 17.7 Å². The lowest BCUT2D eigenvalue weighted by atomic mass is 9.89. The largest absolute Gasteiger partial charge is 0.550 e. The summed E-state index contributed by atoms with van der Waals surface area (Å²) in [7, 11) is 0. The molecule has 3 N–H and O–H groups in total. The van der Waals surface area contributed by atoms with Crippen LogP contribution in [0.2, 0.25) is 0 Å². The van der Waals surface area contributed by atoms with Crippen LogP contribution in [0.4, 0.5) is 4.39 Å². The molecule has 5 atom stereocenters. The Kier molecular flexibility index (Phi) is 9.87. The minimum atomic E-state index is -1.07. The lowest BCUT2D eigenvalue weighted by Crippen LogP contribution is -2.21. The molecule has 1 aromatic carbocycles. The molecule has 160 valence electrons. The zero-order chi connectivity index (χ0) is 21.2. The number of aliphatic carboxylic acids is 1. The summed E-state index contributed by atoms with van der Waals surface area (Å²) < 4.78 is 13.6. The molecule has 0 radical (unpaired) electrons. The average Bonchev–Trinajstić information content (AvgIpc) is 2.94. The van der Waals surface area contributed by atoms with Gasteiger partial charge in [0, 0.05) is 29.0 Å². The number of halogens is 1. The summed E-state index contributed by atoms with van der Waals surface area (Å²) in [4.78, 5) is 10.9. The van der Waals surface area contributed by atoms with Gasteiger partial charge in [-0.2, -0.15) is 0 Å². The van der Waals surface area contributed by atoms with Crippen LogP contribution in [-0.2, 0) is 4.79 Å². The number of carboxylic acid groups (broad SMARTS) is 1. The van der Waals surface area contributed by atoms with Crippen molar-refractivity contribution in [2.45, 2.75) is 55.3 Å². The van der Waals surface area contributed by atoms with E-state index in [9.17, 15) is 29.6 Å². The van der Waals surface area contributed by atoms with Crippen LogP contribution >= 0.6 is 11.8 Å². The fraction of sp³-hybridized carbons (Fsp3) is 0.500. The number of aliphatic hydroxyl groups is 3. The zero-order valence-corrected chi connectivity index (χ0v) is 17.0. The number of aliphatic hydroxyl groups excluding tert-OH is 3. The van der Waals surface area contributed by atoms with Gasteiger partial charge >= 0.3 is 0 Å². The fourth-order valence-electron chi connectivity index (χ4n) is 3.49. The van der Waals surface area contributed by atoms with Crippen molar-refractivity contribution in [2.24, 2.45) is 11.8 Å². The number of carbonyl (C=O) groups excluding carboxylic acids is 1. The molecule has 1 saturated carbocycles. The van der Waals surface area contributed by atoms with Crippen molar-refractivity contribution in [1.82, 2.24) is 0 Å². The fourth-order valence-corrected chi connectivity index (χ4v) is 4.33. The monoisotopic (exact) mass is 423 g/mol. The van der Waals surface area contributed by atoms with E-state index in [0.717, 1.165) is 0 Å². The number of carbonyl (C=O) groups is 1. The maximum atomic E-state index is 13.6. The highest BCUT2D eigenvalue weighted by Gasteiger charge is 2.39. The van der Waals surface area contributed by atoms with Gasteiger partial charge in [0.25, 0.3) is 0 Å². The molecule has 1 fully saturated rings. The van der Waals surface area contributed by atoms with Crippen molar-refractivity contribution in [3.8, 4) is 0 Å². The molecule has 2 unspecified atom stereocenters. The van der Waals surface area contributed by atoms with Crippen molar-refractivity contribution in [3.05, 3.63) is 54.4 Å². The number of hydrogen-bond donors (Lipinski definition) is 3. The van der Waals surface area contributed by atoms with Crippen molar-refractivity contribution in [2.75, 3.05) is 5.75 Å². The summed E-state index contributed by atoms with van der Waals surface area (Å²) >= 11 is 1.22. The molecule has 7 heteroatoms. The van der Waals surface area contributed by atoms with Gasteiger partial charge in [0.15, 0.2) is 0 Å². The Bertz CT molecular complexity index is 708. The second-order valence-electron chi connectivity index (χ2n) is 7.28. The van der Waals surface area contributed by atoms with Crippen LogP contribution in [0.15, 0.2) is 53.5 Å². The molecule has 5 nitrogen and oxygen atoms in total. The first-order chi connectivity index (χ1) is 13.9. The number of rotatable bonds is 11. The van der Waals surface area contributed by atoms with Crippen LogP contribution in [-0.4, -0.2) is 45.4 Å². The maximum Gasteiger partial charge on any atom is 0.136 e. The first-order valence-electron chi connectivity index (χ1n) is 9.83. The van der Waals surface area contributed by atoms with Crippen LogP contribution in [0.5, 0.6) is 0 Å². The lowest BCUT2D eigenvalue weighted by Gasteiger charge is -2.19.